The molecular formula is C14H15F2NO. The van der Waals surface area contributed by atoms with Gasteiger partial charge in [-0.3, -0.25) is 0 Å². The third-order valence-electron chi connectivity index (χ3n) is 2.75. The lowest BCUT2D eigenvalue weighted by molar-refractivity contribution is 0.502. The Hall–Kier alpha value is -1.68. The monoisotopic (exact) mass is 251 g/mol. The zero-order chi connectivity index (χ0) is 13.0. The Morgan fingerprint density at radius 2 is 2.00 bits per heavy atom. The first-order chi connectivity index (χ1) is 8.72. The molecule has 0 aliphatic heterocycles. The van der Waals surface area contributed by atoms with Crippen molar-refractivity contribution in [3.05, 3.63) is 59.6 Å². The van der Waals surface area contributed by atoms with Crippen LogP contribution >= 0.6 is 0 Å². The highest BCUT2D eigenvalue weighted by molar-refractivity contribution is 5.30. The molecule has 0 saturated carbocycles. The Kier molecular flexibility index (Phi) is 4.10. The molecule has 4 heteroatoms. The maximum absolute atomic E-state index is 13.3. The largest absolute Gasteiger partial charge is 0.472 e. The third kappa shape index (κ3) is 2.76. The van der Waals surface area contributed by atoms with Gasteiger partial charge in [0.05, 0.1) is 18.6 Å². The summed E-state index contributed by atoms with van der Waals surface area (Å²) in [6.45, 7) is 2.83. The summed E-state index contributed by atoms with van der Waals surface area (Å²) in [6.07, 6.45) is 4.13. The number of hydrogen-bond acceptors (Lipinski definition) is 2. The molecule has 1 aromatic carbocycles. The molecular weight excluding hydrogens is 236 g/mol. The number of benzene rings is 1. The van der Waals surface area contributed by atoms with Gasteiger partial charge in [-0.05, 0) is 36.7 Å². The van der Waals surface area contributed by atoms with Crippen molar-refractivity contribution in [2.45, 2.75) is 19.4 Å². The van der Waals surface area contributed by atoms with Crippen molar-refractivity contribution in [1.29, 1.82) is 0 Å². The van der Waals surface area contributed by atoms with Crippen LogP contribution in [0.2, 0.25) is 0 Å². The Labute approximate surface area is 105 Å². The highest BCUT2D eigenvalue weighted by Gasteiger charge is 2.16. The highest BCUT2D eigenvalue weighted by atomic mass is 19.2. The number of nitrogens with one attached hydrogen (secondary N) is 1. The SMILES string of the molecule is CCCNC(c1ccoc1)c1ccc(F)c(F)c1. The maximum Gasteiger partial charge on any atom is 0.159 e. The molecule has 2 aromatic rings. The van der Waals surface area contributed by atoms with Gasteiger partial charge in [-0.2, -0.15) is 0 Å². The highest BCUT2D eigenvalue weighted by Crippen LogP contribution is 2.24. The summed E-state index contributed by atoms with van der Waals surface area (Å²) in [7, 11) is 0. The average Bonchev–Trinajstić information content (AvgIpc) is 2.88. The van der Waals surface area contributed by atoms with Crippen molar-refractivity contribution in [2.24, 2.45) is 0 Å². The van der Waals surface area contributed by atoms with Crippen LogP contribution in [-0.2, 0) is 0 Å². The number of furan rings is 1. The Balaban J connectivity index is 2.30. The van der Waals surface area contributed by atoms with Crippen LogP contribution < -0.4 is 5.32 Å². The number of halogens is 2. The van der Waals surface area contributed by atoms with Crippen molar-refractivity contribution in [1.82, 2.24) is 5.32 Å². The molecule has 96 valence electrons. The van der Waals surface area contributed by atoms with Gasteiger partial charge in [-0.15, -0.1) is 0 Å². The molecule has 0 saturated heterocycles. The van der Waals surface area contributed by atoms with Gasteiger partial charge in [0, 0.05) is 5.56 Å². The summed E-state index contributed by atoms with van der Waals surface area (Å²) < 4.78 is 31.3. The fraction of sp³-hybridized carbons (Fsp3) is 0.286. The molecule has 2 nitrogen and oxygen atoms in total. The lowest BCUT2D eigenvalue weighted by Gasteiger charge is -2.17. The van der Waals surface area contributed by atoms with Crippen LogP contribution in [0.3, 0.4) is 0 Å². The fourth-order valence-corrected chi connectivity index (χ4v) is 1.85. The quantitative estimate of drug-likeness (QED) is 0.877. The van der Waals surface area contributed by atoms with E-state index in [-0.39, 0.29) is 6.04 Å². The minimum Gasteiger partial charge on any atom is -0.472 e. The first-order valence-electron chi connectivity index (χ1n) is 5.92. The topological polar surface area (TPSA) is 25.2 Å². The van der Waals surface area contributed by atoms with Gasteiger partial charge >= 0.3 is 0 Å². The summed E-state index contributed by atoms with van der Waals surface area (Å²) in [5.41, 5.74) is 1.58. The van der Waals surface area contributed by atoms with Crippen LogP contribution in [0.25, 0.3) is 0 Å². The van der Waals surface area contributed by atoms with Crippen molar-refractivity contribution >= 4 is 0 Å². The van der Waals surface area contributed by atoms with Crippen LogP contribution in [0.5, 0.6) is 0 Å². The van der Waals surface area contributed by atoms with Crippen molar-refractivity contribution < 1.29 is 13.2 Å². The minimum atomic E-state index is -0.834. The molecule has 0 spiro atoms. The normalized spacial score (nSPS) is 12.6. The molecule has 2 rings (SSSR count). The average molecular weight is 251 g/mol. The summed E-state index contributed by atoms with van der Waals surface area (Å²) in [4.78, 5) is 0. The predicted octanol–water partition coefficient (Wildman–Crippen LogP) is 3.65. The number of rotatable bonds is 5. The van der Waals surface area contributed by atoms with Crippen LogP contribution in [-0.4, -0.2) is 6.54 Å². The standard InChI is InChI=1S/C14H15F2NO/c1-2-6-17-14(11-5-7-18-9-11)10-3-4-12(15)13(16)8-10/h3-5,7-9,14,17H,2,6H2,1H3. The first-order valence-corrected chi connectivity index (χ1v) is 5.92. The second kappa shape index (κ2) is 5.78. The van der Waals surface area contributed by atoms with Crippen LogP contribution in [0.15, 0.2) is 41.2 Å². The second-order valence-corrected chi connectivity index (χ2v) is 4.12. The summed E-state index contributed by atoms with van der Waals surface area (Å²) in [6, 6.07) is 5.58. The van der Waals surface area contributed by atoms with Crippen molar-refractivity contribution in [2.75, 3.05) is 6.54 Å². The molecule has 0 bridgehead atoms. The van der Waals surface area contributed by atoms with Gasteiger partial charge in [0.1, 0.15) is 0 Å². The lowest BCUT2D eigenvalue weighted by Crippen LogP contribution is -2.23. The van der Waals surface area contributed by atoms with E-state index in [1.807, 2.05) is 13.0 Å². The third-order valence-corrected chi connectivity index (χ3v) is 2.75. The van der Waals surface area contributed by atoms with Crippen molar-refractivity contribution in [3.8, 4) is 0 Å². The Morgan fingerprint density at radius 1 is 1.17 bits per heavy atom. The molecule has 0 amide bonds. The van der Waals surface area contributed by atoms with Gasteiger partial charge in [-0.25, -0.2) is 8.78 Å². The zero-order valence-electron chi connectivity index (χ0n) is 10.1. The molecule has 1 atom stereocenters. The molecule has 0 aliphatic carbocycles. The second-order valence-electron chi connectivity index (χ2n) is 4.12. The van der Waals surface area contributed by atoms with E-state index in [4.69, 9.17) is 4.42 Å². The van der Waals surface area contributed by atoms with Gasteiger partial charge < -0.3 is 9.73 Å². The number of hydrogen-bond donors (Lipinski definition) is 1. The van der Waals surface area contributed by atoms with E-state index in [9.17, 15) is 8.78 Å². The van der Waals surface area contributed by atoms with Gasteiger partial charge in [0.2, 0.25) is 0 Å². The van der Waals surface area contributed by atoms with E-state index in [0.717, 1.165) is 24.6 Å². The van der Waals surface area contributed by atoms with Gasteiger partial charge in [0.15, 0.2) is 11.6 Å². The molecule has 1 N–H and O–H groups in total. The van der Waals surface area contributed by atoms with E-state index in [0.29, 0.717) is 5.56 Å². The van der Waals surface area contributed by atoms with Crippen LogP contribution in [0, 0.1) is 11.6 Å². The fourth-order valence-electron chi connectivity index (χ4n) is 1.85. The van der Waals surface area contributed by atoms with Crippen molar-refractivity contribution in [3.63, 3.8) is 0 Å². The molecule has 1 aromatic heterocycles. The molecule has 0 fully saturated rings. The van der Waals surface area contributed by atoms with E-state index < -0.39 is 11.6 Å². The first kappa shape index (κ1) is 12.8. The lowest BCUT2D eigenvalue weighted by atomic mass is 10.0. The molecule has 1 unspecified atom stereocenters. The summed E-state index contributed by atoms with van der Waals surface area (Å²) in [5, 5.41) is 3.29. The van der Waals surface area contributed by atoms with Crippen LogP contribution in [0.1, 0.15) is 30.5 Å². The smallest absolute Gasteiger partial charge is 0.159 e. The molecule has 0 aliphatic rings. The molecule has 18 heavy (non-hydrogen) atoms. The summed E-state index contributed by atoms with van der Waals surface area (Å²) in [5.74, 6) is -1.67. The van der Waals surface area contributed by atoms with Gasteiger partial charge in [-0.1, -0.05) is 13.0 Å². The predicted molar refractivity (Wildman–Crippen MR) is 65.2 cm³/mol. The Morgan fingerprint density at radius 3 is 2.61 bits per heavy atom. The van der Waals surface area contributed by atoms with Crippen LogP contribution in [0.4, 0.5) is 8.78 Å². The molecule has 1 heterocycles. The zero-order valence-corrected chi connectivity index (χ0v) is 10.1. The van der Waals surface area contributed by atoms with E-state index in [1.54, 1.807) is 18.6 Å². The van der Waals surface area contributed by atoms with Gasteiger partial charge in [0.25, 0.3) is 0 Å². The Bertz CT molecular complexity index is 497. The summed E-state index contributed by atoms with van der Waals surface area (Å²) >= 11 is 0. The molecule has 0 radical (unpaired) electrons. The van der Waals surface area contributed by atoms with E-state index in [1.165, 1.54) is 6.07 Å². The maximum atomic E-state index is 13.3. The minimum absolute atomic E-state index is 0.182. The van der Waals surface area contributed by atoms with E-state index in [2.05, 4.69) is 5.32 Å². The van der Waals surface area contributed by atoms with E-state index >= 15 is 0 Å².